The van der Waals surface area contributed by atoms with Crippen molar-refractivity contribution in [3.63, 3.8) is 0 Å². The van der Waals surface area contributed by atoms with Crippen molar-refractivity contribution in [2.45, 2.75) is 26.2 Å². The highest BCUT2D eigenvalue weighted by Crippen LogP contribution is 2.24. The highest BCUT2D eigenvalue weighted by atomic mass is 16.5. The van der Waals surface area contributed by atoms with Crippen molar-refractivity contribution in [2.75, 3.05) is 16.4 Å². The number of nitrogens with one attached hydrogen (secondary N) is 2. The lowest BCUT2D eigenvalue weighted by molar-refractivity contribution is 0.262. The number of rotatable bonds is 2. The lowest BCUT2D eigenvalue weighted by atomic mass is 9.93. The minimum Gasteiger partial charge on any atom is -0.382 e. The molecule has 0 atom stereocenters. The molecule has 0 radical (unpaired) electrons. The van der Waals surface area contributed by atoms with Crippen molar-refractivity contribution in [3.8, 4) is 11.8 Å². The Bertz CT molecular complexity index is 1040. The molecule has 0 saturated heterocycles. The molecule has 2 aromatic heterocycles. The van der Waals surface area contributed by atoms with E-state index in [0.29, 0.717) is 34.3 Å². The maximum absolute atomic E-state index is 12.2. The van der Waals surface area contributed by atoms with Gasteiger partial charge in [-0.1, -0.05) is 37.9 Å². The number of hydrogen-bond acceptors (Lipinski definition) is 6. The van der Waals surface area contributed by atoms with Gasteiger partial charge < -0.3 is 15.6 Å². The van der Waals surface area contributed by atoms with Crippen molar-refractivity contribution >= 4 is 23.4 Å². The second-order valence-corrected chi connectivity index (χ2v) is 7.06. The summed E-state index contributed by atoms with van der Waals surface area (Å²) in [6, 6.07) is 8.41. The summed E-state index contributed by atoms with van der Waals surface area (Å²) in [5.74, 6) is 7.24. The zero-order valence-corrected chi connectivity index (χ0v) is 15.8. The van der Waals surface area contributed by atoms with Crippen LogP contribution in [0.3, 0.4) is 0 Å². The fourth-order valence-corrected chi connectivity index (χ4v) is 2.18. The quantitative estimate of drug-likeness (QED) is 0.590. The number of nitrogens with zero attached hydrogens (tertiary/aromatic N) is 3. The van der Waals surface area contributed by atoms with Crippen molar-refractivity contribution in [3.05, 3.63) is 59.7 Å². The first-order valence-electron chi connectivity index (χ1n) is 8.54. The maximum atomic E-state index is 12.2. The third-order valence-electron chi connectivity index (χ3n) is 3.62. The van der Waals surface area contributed by atoms with Gasteiger partial charge in [-0.3, -0.25) is 5.32 Å². The number of hydrogen-bond donors (Lipinski definition) is 3. The lowest BCUT2D eigenvalue weighted by Gasteiger charge is -2.12. The van der Waals surface area contributed by atoms with E-state index in [4.69, 9.17) is 10.3 Å². The molecule has 1 aromatic carbocycles. The fourth-order valence-electron chi connectivity index (χ4n) is 2.18. The predicted octanol–water partition coefficient (Wildman–Crippen LogP) is 3.39. The minimum absolute atomic E-state index is 0.189. The maximum Gasteiger partial charge on any atom is 0.324 e. The first kappa shape index (κ1) is 18.9. The van der Waals surface area contributed by atoms with Gasteiger partial charge in [0, 0.05) is 22.7 Å². The Hall–Kier alpha value is -3.86. The van der Waals surface area contributed by atoms with Gasteiger partial charge in [-0.2, -0.15) is 0 Å². The molecule has 142 valence electrons. The molecule has 0 fully saturated rings. The molecule has 0 unspecified atom stereocenters. The van der Waals surface area contributed by atoms with Gasteiger partial charge in [0.1, 0.15) is 17.3 Å². The summed E-state index contributed by atoms with van der Waals surface area (Å²) < 4.78 is 5.25. The van der Waals surface area contributed by atoms with Crippen molar-refractivity contribution in [1.29, 1.82) is 0 Å². The summed E-state index contributed by atoms with van der Waals surface area (Å²) in [6.07, 6.45) is 2.95. The number of benzene rings is 1. The molecule has 8 nitrogen and oxygen atoms in total. The largest absolute Gasteiger partial charge is 0.382 e. The summed E-state index contributed by atoms with van der Waals surface area (Å²) in [7, 11) is 0. The molecular formula is C20H20N6O2. The molecule has 0 aliphatic heterocycles. The summed E-state index contributed by atoms with van der Waals surface area (Å²) in [5, 5.41) is 9.24. The number of nitrogen functional groups attached to an aromatic ring is 1. The van der Waals surface area contributed by atoms with Gasteiger partial charge in [0.2, 0.25) is 0 Å². The van der Waals surface area contributed by atoms with Gasteiger partial charge in [0.15, 0.2) is 5.82 Å². The number of carbonyl (C=O) groups is 1. The monoisotopic (exact) mass is 376 g/mol. The Kier molecular flexibility index (Phi) is 5.27. The van der Waals surface area contributed by atoms with Gasteiger partial charge in [-0.15, -0.1) is 0 Å². The molecule has 28 heavy (non-hydrogen) atoms. The van der Waals surface area contributed by atoms with Crippen LogP contribution < -0.4 is 16.4 Å². The van der Waals surface area contributed by atoms with E-state index in [2.05, 4.69) is 37.6 Å². The molecule has 3 aromatic rings. The number of urea groups is 1. The topological polar surface area (TPSA) is 119 Å². The van der Waals surface area contributed by atoms with E-state index >= 15 is 0 Å². The van der Waals surface area contributed by atoms with E-state index in [1.165, 1.54) is 12.4 Å². The number of aromatic nitrogens is 3. The van der Waals surface area contributed by atoms with Gasteiger partial charge in [0.05, 0.1) is 12.4 Å². The Morgan fingerprint density at radius 2 is 1.93 bits per heavy atom. The van der Waals surface area contributed by atoms with E-state index < -0.39 is 6.03 Å². The highest BCUT2D eigenvalue weighted by molar-refractivity contribution is 5.99. The van der Waals surface area contributed by atoms with Crippen LogP contribution in [0.2, 0.25) is 0 Å². The summed E-state index contributed by atoms with van der Waals surface area (Å²) in [5.41, 5.74) is 7.12. The average Bonchev–Trinajstić information content (AvgIpc) is 3.10. The minimum atomic E-state index is -0.428. The number of anilines is 3. The van der Waals surface area contributed by atoms with E-state index in [0.717, 1.165) is 0 Å². The van der Waals surface area contributed by atoms with Crippen LogP contribution in [0.5, 0.6) is 0 Å². The van der Waals surface area contributed by atoms with Crippen LogP contribution in [0, 0.1) is 11.8 Å². The molecule has 2 amide bonds. The Labute approximate surface area is 162 Å². The third kappa shape index (κ3) is 5.08. The molecule has 3 rings (SSSR count). The fraction of sp³-hybridized carbons (Fsp3) is 0.200. The van der Waals surface area contributed by atoms with E-state index in [-0.39, 0.29) is 5.41 Å². The standard InChI is InChI=1S/C20H20N6O2/c1-20(2,3)16-10-18(26-28-16)25-19(27)24-14-6-4-5-13(9-14)7-8-15-11-23-17(21)12-22-15/h4-6,9-12H,1-3H3,(H2,21,23)(H2,24,25,26,27). The zero-order valence-electron chi connectivity index (χ0n) is 15.8. The number of nitrogens with two attached hydrogens (primary N) is 1. The van der Waals surface area contributed by atoms with E-state index in [9.17, 15) is 4.79 Å². The number of carbonyl (C=O) groups excluding carboxylic acids is 1. The van der Waals surface area contributed by atoms with Crippen molar-refractivity contribution in [1.82, 2.24) is 15.1 Å². The zero-order chi connectivity index (χ0) is 20.1. The molecular weight excluding hydrogens is 356 g/mol. The normalized spacial score (nSPS) is 10.7. The smallest absolute Gasteiger partial charge is 0.324 e. The molecule has 0 aliphatic rings. The number of amides is 2. The molecule has 0 saturated carbocycles. The van der Waals surface area contributed by atoms with Gasteiger partial charge >= 0.3 is 6.03 Å². The molecule has 8 heteroatoms. The van der Waals surface area contributed by atoms with Crippen LogP contribution in [-0.4, -0.2) is 21.2 Å². The Morgan fingerprint density at radius 3 is 2.61 bits per heavy atom. The second kappa shape index (κ2) is 7.80. The highest BCUT2D eigenvalue weighted by Gasteiger charge is 2.20. The Morgan fingerprint density at radius 1 is 1.11 bits per heavy atom. The van der Waals surface area contributed by atoms with Gasteiger partial charge in [0.25, 0.3) is 0 Å². The van der Waals surface area contributed by atoms with Gasteiger partial charge in [-0.25, -0.2) is 14.8 Å². The van der Waals surface area contributed by atoms with Crippen LogP contribution in [0.15, 0.2) is 47.2 Å². The predicted molar refractivity (Wildman–Crippen MR) is 107 cm³/mol. The Balaban J connectivity index is 1.65. The van der Waals surface area contributed by atoms with Crippen LogP contribution in [-0.2, 0) is 5.41 Å². The van der Waals surface area contributed by atoms with Crippen molar-refractivity contribution < 1.29 is 9.32 Å². The summed E-state index contributed by atoms with van der Waals surface area (Å²) in [6.45, 7) is 6.00. The van der Waals surface area contributed by atoms with E-state index in [1.54, 1.807) is 24.3 Å². The molecule has 2 heterocycles. The molecule has 0 aliphatic carbocycles. The average molecular weight is 376 g/mol. The van der Waals surface area contributed by atoms with Crippen LogP contribution in [0.1, 0.15) is 37.8 Å². The van der Waals surface area contributed by atoms with E-state index in [1.807, 2.05) is 26.8 Å². The first-order valence-corrected chi connectivity index (χ1v) is 8.54. The molecule has 0 spiro atoms. The lowest BCUT2D eigenvalue weighted by Crippen LogP contribution is -2.19. The second-order valence-electron chi connectivity index (χ2n) is 7.06. The summed E-state index contributed by atoms with van der Waals surface area (Å²) >= 11 is 0. The molecule has 4 N–H and O–H groups in total. The van der Waals surface area contributed by atoms with Crippen LogP contribution in [0.25, 0.3) is 0 Å². The third-order valence-corrected chi connectivity index (χ3v) is 3.62. The summed E-state index contributed by atoms with van der Waals surface area (Å²) in [4.78, 5) is 20.2. The van der Waals surface area contributed by atoms with Crippen LogP contribution >= 0.6 is 0 Å². The SMILES string of the molecule is CC(C)(C)c1cc(NC(=O)Nc2cccc(C#Cc3cnc(N)cn3)c2)no1. The molecule has 0 bridgehead atoms. The van der Waals surface area contributed by atoms with Gasteiger partial charge in [-0.05, 0) is 24.1 Å². The van der Waals surface area contributed by atoms with Crippen molar-refractivity contribution in [2.24, 2.45) is 0 Å². The first-order chi connectivity index (χ1) is 13.3. The van der Waals surface area contributed by atoms with Crippen LogP contribution in [0.4, 0.5) is 22.1 Å².